The molecule has 0 N–H and O–H groups in total. The Labute approximate surface area is 178 Å². The molecule has 4 aromatic rings. The molecule has 0 saturated heterocycles. The van der Waals surface area contributed by atoms with E-state index in [0.717, 1.165) is 16.6 Å². The fourth-order valence-corrected chi connectivity index (χ4v) is 3.01. The molecule has 154 valence electrons. The number of aryl methyl sites for hydroxylation is 1. The number of aromatic nitrogens is 1. The van der Waals surface area contributed by atoms with E-state index in [1.165, 1.54) is 13.3 Å². The van der Waals surface area contributed by atoms with Gasteiger partial charge in [-0.15, -0.1) is 0 Å². The molecule has 3 aromatic carbocycles. The maximum atomic E-state index is 11.2. The van der Waals surface area contributed by atoms with Gasteiger partial charge in [0.05, 0.1) is 5.56 Å². The van der Waals surface area contributed by atoms with Gasteiger partial charge in [0.25, 0.3) is 0 Å². The van der Waals surface area contributed by atoms with Gasteiger partial charge < -0.3 is 18.6 Å². The summed E-state index contributed by atoms with van der Waals surface area (Å²) in [6.07, 6.45) is 1.40. The van der Waals surface area contributed by atoms with Gasteiger partial charge in [-0.05, 0) is 60.5 Å². The van der Waals surface area contributed by atoms with E-state index in [2.05, 4.69) is 11.1 Å². The number of nitrogens with zero attached hydrogens (tertiary/aromatic N) is 2. The van der Waals surface area contributed by atoms with E-state index in [-0.39, 0.29) is 0 Å². The lowest BCUT2D eigenvalue weighted by Crippen LogP contribution is -2.02. The fourth-order valence-electron chi connectivity index (χ4n) is 3.01. The molecule has 0 saturated carbocycles. The monoisotopic (exact) mass is 414 g/mol. The number of carbonyl (C=O) groups is 1. The molecule has 0 radical (unpaired) electrons. The largest absolute Gasteiger partial charge is 0.489 e. The van der Waals surface area contributed by atoms with Gasteiger partial charge >= 0.3 is 5.97 Å². The lowest BCUT2D eigenvalue weighted by atomic mass is 10.2. The van der Waals surface area contributed by atoms with Crippen molar-refractivity contribution in [1.29, 1.82) is 5.26 Å². The number of oxazole rings is 1. The van der Waals surface area contributed by atoms with E-state index in [0.29, 0.717) is 40.8 Å². The second-order valence-electron chi connectivity index (χ2n) is 6.84. The summed E-state index contributed by atoms with van der Waals surface area (Å²) in [5.41, 5.74) is 3.52. The second kappa shape index (κ2) is 8.59. The molecule has 0 aliphatic heterocycles. The zero-order chi connectivity index (χ0) is 21.8. The molecule has 0 spiro atoms. The van der Waals surface area contributed by atoms with Crippen molar-refractivity contribution in [3.05, 3.63) is 77.7 Å². The van der Waals surface area contributed by atoms with Crippen LogP contribution in [0.5, 0.6) is 23.0 Å². The van der Waals surface area contributed by atoms with Crippen molar-refractivity contribution in [1.82, 2.24) is 4.98 Å². The van der Waals surface area contributed by atoms with Crippen LogP contribution >= 0.6 is 0 Å². The van der Waals surface area contributed by atoms with E-state index in [1.54, 1.807) is 36.4 Å². The van der Waals surface area contributed by atoms with Gasteiger partial charge in [0, 0.05) is 13.0 Å². The number of esters is 1. The van der Waals surface area contributed by atoms with Gasteiger partial charge in [0.15, 0.2) is 12.0 Å². The first kappa shape index (κ1) is 20.0. The van der Waals surface area contributed by atoms with Gasteiger partial charge in [-0.1, -0.05) is 6.07 Å². The van der Waals surface area contributed by atoms with Crippen LogP contribution in [0.4, 0.5) is 0 Å². The summed E-state index contributed by atoms with van der Waals surface area (Å²) in [7, 11) is 0. The molecule has 0 aliphatic carbocycles. The molecule has 0 fully saturated rings. The molecule has 1 heterocycles. The highest BCUT2D eigenvalue weighted by molar-refractivity contribution is 5.72. The molecule has 1 aromatic heterocycles. The molecule has 7 nitrogen and oxygen atoms in total. The number of carbonyl (C=O) groups excluding carboxylic acids is 1. The highest BCUT2D eigenvalue weighted by Crippen LogP contribution is 2.32. The average molecular weight is 414 g/mol. The molecule has 0 aliphatic rings. The number of ether oxygens (including phenoxy) is 3. The molecular formula is C24H18N2O5. The van der Waals surface area contributed by atoms with E-state index in [1.807, 2.05) is 25.1 Å². The summed E-state index contributed by atoms with van der Waals surface area (Å²) in [6, 6.07) is 17.9. The van der Waals surface area contributed by atoms with Crippen molar-refractivity contribution < 1.29 is 23.4 Å². The van der Waals surface area contributed by atoms with E-state index in [9.17, 15) is 10.1 Å². The predicted molar refractivity (Wildman–Crippen MR) is 112 cm³/mol. The highest BCUT2D eigenvalue weighted by Gasteiger charge is 2.10. The molecule has 0 atom stereocenters. The maximum Gasteiger partial charge on any atom is 0.308 e. The number of hydrogen-bond donors (Lipinski definition) is 0. The van der Waals surface area contributed by atoms with Crippen LogP contribution in [-0.2, 0) is 11.4 Å². The van der Waals surface area contributed by atoms with Crippen LogP contribution < -0.4 is 14.2 Å². The topological polar surface area (TPSA) is 94.6 Å². The second-order valence-corrected chi connectivity index (χ2v) is 6.84. The average Bonchev–Trinajstić information content (AvgIpc) is 3.22. The SMILES string of the molecule is CC(=O)Oc1ccc(Oc2cc(OCc3ccc4ocnc4c3)ccc2C#N)cc1C. The van der Waals surface area contributed by atoms with Gasteiger partial charge in [0.2, 0.25) is 0 Å². The van der Waals surface area contributed by atoms with Crippen LogP contribution in [0.1, 0.15) is 23.6 Å². The van der Waals surface area contributed by atoms with Crippen molar-refractivity contribution in [2.75, 3.05) is 0 Å². The van der Waals surface area contributed by atoms with Crippen LogP contribution in [0.3, 0.4) is 0 Å². The molecule has 0 amide bonds. The number of nitriles is 1. The number of rotatable bonds is 6. The standard InChI is InChI=1S/C24H18N2O5/c1-15-9-20(6-8-22(15)30-16(2)27)31-24-11-19(5-4-18(24)12-25)28-13-17-3-7-23-21(10-17)26-14-29-23/h3-11,14H,13H2,1-2H3. The lowest BCUT2D eigenvalue weighted by Gasteiger charge is -2.12. The van der Waals surface area contributed by atoms with Crippen LogP contribution in [0.25, 0.3) is 11.1 Å². The van der Waals surface area contributed by atoms with E-state index in [4.69, 9.17) is 18.6 Å². The summed E-state index contributed by atoms with van der Waals surface area (Å²) in [6.45, 7) is 3.48. The fraction of sp³-hybridized carbons (Fsp3) is 0.125. The Morgan fingerprint density at radius 1 is 1.06 bits per heavy atom. The smallest absolute Gasteiger partial charge is 0.308 e. The maximum absolute atomic E-state index is 11.2. The van der Waals surface area contributed by atoms with Crippen LogP contribution in [-0.4, -0.2) is 11.0 Å². The summed E-state index contributed by atoms with van der Waals surface area (Å²) >= 11 is 0. The molecule has 31 heavy (non-hydrogen) atoms. The third kappa shape index (κ3) is 4.65. The van der Waals surface area contributed by atoms with E-state index >= 15 is 0 Å². The summed E-state index contributed by atoms with van der Waals surface area (Å²) in [4.78, 5) is 15.3. The predicted octanol–water partition coefficient (Wildman–Crippen LogP) is 5.30. The first-order valence-electron chi connectivity index (χ1n) is 9.48. The minimum Gasteiger partial charge on any atom is -0.489 e. The Hall–Kier alpha value is -4.31. The Morgan fingerprint density at radius 2 is 1.90 bits per heavy atom. The Kier molecular flexibility index (Phi) is 5.54. The quantitative estimate of drug-likeness (QED) is 0.312. The third-order valence-electron chi connectivity index (χ3n) is 4.50. The summed E-state index contributed by atoms with van der Waals surface area (Å²) in [5.74, 6) is 1.50. The molecule has 0 bridgehead atoms. The van der Waals surface area contributed by atoms with Crippen LogP contribution in [0.2, 0.25) is 0 Å². The normalized spacial score (nSPS) is 10.5. The third-order valence-corrected chi connectivity index (χ3v) is 4.50. The highest BCUT2D eigenvalue weighted by atomic mass is 16.5. The minimum absolute atomic E-state index is 0.324. The molecule has 4 rings (SSSR count). The first-order valence-corrected chi connectivity index (χ1v) is 9.48. The summed E-state index contributed by atoms with van der Waals surface area (Å²) in [5, 5.41) is 9.43. The lowest BCUT2D eigenvalue weighted by molar-refractivity contribution is -0.131. The minimum atomic E-state index is -0.393. The molecule has 7 heteroatoms. The Bertz CT molecular complexity index is 1300. The molecule has 0 unspecified atom stereocenters. The Balaban J connectivity index is 1.51. The molecular weight excluding hydrogens is 396 g/mol. The van der Waals surface area contributed by atoms with Crippen molar-refractivity contribution in [2.24, 2.45) is 0 Å². The number of benzene rings is 3. The van der Waals surface area contributed by atoms with Gasteiger partial charge in [-0.25, -0.2) is 4.98 Å². The van der Waals surface area contributed by atoms with Crippen molar-refractivity contribution in [2.45, 2.75) is 20.5 Å². The number of fused-ring (bicyclic) bond motifs is 1. The van der Waals surface area contributed by atoms with Crippen LogP contribution in [0, 0.1) is 18.3 Å². The van der Waals surface area contributed by atoms with Gasteiger partial charge in [-0.3, -0.25) is 4.79 Å². The Morgan fingerprint density at radius 3 is 2.68 bits per heavy atom. The zero-order valence-corrected chi connectivity index (χ0v) is 16.9. The summed E-state index contributed by atoms with van der Waals surface area (Å²) < 4.78 is 22.2. The number of hydrogen-bond acceptors (Lipinski definition) is 7. The first-order chi connectivity index (χ1) is 15.0. The van der Waals surface area contributed by atoms with E-state index < -0.39 is 5.97 Å². The van der Waals surface area contributed by atoms with Crippen molar-refractivity contribution in [3.63, 3.8) is 0 Å². The van der Waals surface area contributed by atoms with Crippen LogP contribution in [0.15, 0.2) is 65.4 Å². The van der Waals surface area contributed by atoms with Crippen molar-refractivity contribution in [3.8, 4) is 29.1 Å². The van der Waals surface area contributed by atoms with Gasteiger partial charge in [0.1, 0.15) is 41.2 Å². The zero-order valence-electron chi connectivity index (χ0n) is 16.9. The van der Waals surface area contributed by atoms with Gasteiger partial charge in [-0.2, -0.15) is 5.26 Å². The van der Waals surface area contributed by atoms with Crippen molar-refractivity contribution >= 4 is 17.1 Å².